The van der Waals surface area contributed by atoms with E-state index in [1.165, 1.54) is 5.52 Å². The summed E-state index contributed by atoms with van der Waals surface area (Å²) in [5, 5.41) is 17.6. The van der Waals surface area contributed by atoms with Gasteiger partial charge in [-0.25, -0.2) is 9.59 Å². The van der Waals surface area contributed by atoms with Crippen molar-refractivity contribution in [1.29, 1.82) is 0 Å². The highest BCUT2D eigenvalue weighted by Crippen LogP contribution is 2.20. The van der Waals surface area contributed by atoms with Crippen LogP contribution in [0.25, 0.3) is 10.9 Å². The molecule has 6 nitrogen and oxygen atoms in total. The fourth-order valence-electron chi connectivity index (χ4n) is 1.78. The van der Waals surface area contributed by atoms with Gasteiger partial charge in [0.1, 0.15) is 0 Å². The van der Waals surface area contributed by atoms with Gasteiger partial charge in [0.15, 0.2) is 0 Å². The molecule has 0 aliphatic rings. The second-order valence-corrected chi connectivity index (χ2v) is 5.09. The standard InChI is InChI=1S/C11H13ClN2.C4H4O4/c1-8(13)7-14-5-4-9-6-10(12)2-3-11(9)14;5-3(6)1-2-4(7)8/h2-6,8H,7,13H2,1H3;1-2H,(H,5,6)(H,7,8). The highest BCUT2D eigenvalue weighted by Gasteiger charge is 2.02. The molecule has 0 aliphatic heterocycles. The second-order valence-electron chi connectivity index (χ2n) is 4.66. The van der Waals surface area contributed by atoms with E-state index < -0.39 is 11.9 Å². The van der Waals surface area contributed by atoms with Gasteiger partial charge in [-0.05, 0) is 31.2 Å². The third-order valence-corrected chi connectivity index (χ3v) is 2.82. The summed E-state index contributed by atoms with van der Waals surface area (Å²) in [4.78, 5) is 19.1. The van der Waals surface area contributed by atoms with Crippen LogP contribution >= 0.6 is 11.6 Å². The molecule has 0 spiro atoms. The fourth-order valence-corrected chi connectivity index (χ4v) is 1.96. The Hall–Kier alpha value is -2.31. The van der Waals surface area contributed by atoms with E-state index in [9.17, 15) is 9.59 Å². The van der Waals surface area contributed by atoms with Crippen molar-refractivity contribution < 1.29 is 19.8 Å². The van der Waals surface area contributed by atoms with Crippen LogP contribution in [0.2, 0.25) is 5.02 Å². The highest BCUT2D eigenvalue weighted by molar-refractivity contribution is 6.31. The van der Waals surface area contributed by atoms with Crippen molar-refractivity contribution in [2.24, 2.45) is 5.73 Å². The van der Waals surface area contributed by atoms with Gasteiger partial charge in [0, 0.05) is 46.9 Å². The monoisotopic (exact) mass is 324 g/mol. The number of fused-ring (bicyclic) bond motifs is 1. The topological polar surface area (TPSA) is 106 Å². The summed E-state index contributed by atoms with van der Waals surface area (Å²) in [6.07, 6.45) is 3.16. The number of carboxylic acid groups (broad SMARTS) is 2. The first-order valence-corrected chi connectivity index (χ1v) is 6.81. The molecule has 1 unspecified atom stereocenters. The minimum Gasteiger partial charge on any atom is -0.478 e. The van der Waals surface area contributed by atoms with E-state index in [2.05, 4.69) is 10.6 Å². The number of carbonyl (C=O) groups is 2. The first kappa shape index (κ1) is 17.7. The van der Waals surface area contributed by atoms with Gasteiger partial charge in [-0.3, -0.25) is 0 Å². The molecule has 0 bridgehead atoms. The molecule has 2 aromatic rings. The van der Waals surface area contributed by atoms with Gasteiger partial charge in [-0.2, -0.15) is 0 Å². The molecule has 0 amide bonds. The van der Waals surface area contributed by atoms with Crippen LogP contribution in [-0.2, 0) is 16.1 Å². The van der Waals surface area contributed by atoms with Crippen molar-refractivity contribution in [1.82, 2.24) is 4.57 Å². The summed E-state index contributed by atoms with van der Waals surface area (Å²) in [6.45, 7) is 2.84. The van der Waals surface area contributed by atoms with E-state index in [0.717, 1.165) is 17.0 Å². The van der Waals surface area contributed by atoms with Gasteiger partial charge in [0.2, 0.25) is 0 Å². The summed E-state index contributed by atoms with van der Waals surface area (Å²) in [5.74, 6) is -2.51. The van der Waals surface area contributed by atoms with Crippen LogP contribution in [0.4, 0.5) is 0 Å². The Morgan fingerprint density at radius 3 is 2.36 bits per heavy atom. The molecule has 1 aromatic heterocycles. The lowest BCUT2D eigenvalue weighted by Crippen LogP contribution is -2.21. The van der Waals surface area contributed by atoms with Crippen LogP contribution in [0.3, 0.4) is 0 Å². The van der Waals surface area contributed by atoms with E-state index in [0.29, 0.717) is 12.2 Å². The number of aliphatic carboxylic acids is 2. The Morgan fingerprint density at radius 1 is 1.27 bits per heavy atom. The Kier molecular flexibility index (Phi) is 6.62. The Labute approximate surface area is 132 Å². The van der Waals surface area contributed by atoms with E-state index in [-0.39, 0.29) is 6.04 Å². The molecule has 1 atom stereocenters. The quantitative estimate of drug-likeness (QED) is 0.749. The Balaban J connectivity index is 0.000000261. The Morgan fingerprint density at radius 2 is 1.86 bits per heavy atom. The van der Waals surface area contributed by atoms with Gasteiger partial charge < -0.3 is 20.5 Å². The molecule has 2 rings (SSSR count). The minimum absolute atomic E-state index is 0.168. The SMILES string of the molecule is CC(N)Cn1ccc2cc(Cl)ccc21.O=C(O)C=CC(=O)O. The molecule has 0 aliphatic carbocycles. The number of nitrogens with zero attached hydrogens (tertiary/aromatic N) is 1. The van der Waals surface area contributed by atoms with Crippen molar-refractivity contribution in [2.45, 2.75) is 19.5 Å². The largest absolute Gasteiger partial charge is 0.478 e. The van der Waals surface area contributed by atoms with Crippen LogP contribution in [0.15, 0.2) is 42.6 Å². The average Bonchev–Trinajstić information content (AvgIpc) is 2.78. The third-order valence-electron chi connectivity index (χ3n) is 2.59. The van der Waals surface area contributed by atoms with E-state index in [1.807, 2.05) is 31.3 Å². The van der Waals surface area contributed by atoms with Crippen molar-refractivity contribution in [3.05, 3.63) is 47.6 Å². The van der Waals surface area contributed by atoms with E-state index >= 15 is 0 Å². The number of halogens is 1. The molecule has 1 heterocycles. The molecule has 1 aromatic carbocycles. The summed E-state index contributed by atoms with van der Waals surface area (Å²) >= 11 is 5.90. The number of aromatic nitrogens is 1. The van der Waals surface area contributed by atoms with Crippen LogP contribution in [0.5, 0.6) is 0 Å². The summed E-state index contributed by atoms with van der Waals surface area (Å²) in [6, 6.07) is 8.13. The lowest BCUT2D eigenvalue weighted by atomic mass is 10.2. The van der Waals surface area contributed by atoms with Crippen LogP contribution in [-0.4, -0.2) is 32.8 Å². The molecule has 0 saturated heterocycles. The zero-order chi connectivity index (χ0) is 16.7. The summed E-state index contributed by atoms with van der Waals surface area (Å²) in [5.41, 5.74) is 6.94. The molecular weight excluding hydrogens is 308 g/mol. The molecular formula is C15H17ClN2O4. The molecule has 0 fully saturated rings. The van der Waals surface area contributed by atoms with Crippen LogP contribution in [0, 0.1) is 0 Å². The van der Waals surface area contributed by atoms with Crippen LogP contribution in [0.1, 0.15) is 6.92 Å². The smallest absolute Gasteiger partial charge is 0.328 e. The molecule has 118 valence electrons. The lowest BCUT2D eigenvalue weighted by molar-refractivity contribution is -0.134. The first-order chi connectivity index (χ1) is 10.3. The second kappa shape index (κ2) is 8.21. The van der Waals surface area contributed by atoms with E-state index in [4.69, 9.17) is 27.5 Å². The maximum atomic E-state index is 9.55. The third kappa shape index (κ3) is 5.99. The normalized spacial score (nSPS) is 12.0. The zero-order valence-corrected chi connectivity index (χ0v) is 12.7. The average molecular weight is 325 g/mol. The highest BCUT2D eigenvalue weighted by atomic mass is 35.5. The summed E-state index contributed by atoms with van der Waals surface area (Å²) < 4.78 is 2.15. The number of rotatable bonds is 4. The number of nitrogens with two attached hydrogens (primary N) is 1. The number of carboxylic acids is 2. The molecule has 0 saturated carbocycles. The zero-order valence-electron chi connectivity index (χ0n) is 11.9. The van der Waals surface area contributed by atoms with Crippen LogP contribution < -0.4 is 5.73 Å². The maximum absolute atomic E-state index is 9.55. The predicted octanol–water partition coefficient (Wildman–Crippen LogP) is 2.35. The minimum atomic E-state index is -1.26. The number of benzene rings is 1. The van der Waals surface area contributed by atoms with Gasteiger partial charge in [-0.15, -0.1) is 0 Å². The van der Waals surface area contributed by atoms with Gasteiger partial charge in [0.05, 0.1) is 0 Å². The molecule has 22 heavy (non-hydrogen) atoms. The Bertz CT molecular complexity index is 676. The van der Waals surface area contributed by atoms with Gasteiger partial charge >= 0.3 is 11.9 Å². The van der Waals surface area contributed by atoms with Crippen molar-refractivity contribution in [2.75, 3.05) is 0 Å². The van der Waals surface area contributed by atoms with Gasteiger partial charge in [0.25, 0.3) is 0 Å². The van der Waals surface area contributed by atoms with Crippen molar-refractivity contribution in [3.63, 3.8) is 0 Å². The first-order valence-electron chi connectivity index (χ1n) is 6.43. The summed E-state index contributed by atoms with van der Waals surface area (Å²) in [7, 11) is 0. The predicted molar refractivity (Wildman–Crippen MR) is 85.0 cm³/mol. The molecule has 7 heteroatoms. The number of hydrogen-bond acceptors (Lipinski definition) is 3. The fraction of sp³-hybridized carbons (Fsp3) is 0.200. The lowest BCUT2D eigenvalue weighted by Gasteiger charge is -2.08. The molecule has 4 N–H and O–H groups in total. The van der Waals surface area contributed by atoms with Crippen molar-refractivity contribution >= 4 is 34.4 Å². The maximum Gasteiger partial charge on any atom is 0.328 e. The van der Waals surface area contributed by atoms with Crippen molar-refractivity contribution in [3.8, 4) is 0 Å². The molecule has 0 radical (unpaired) electrons. The van der Waals surface area contributed by atoms with E-state index in [1.54, 1.807) is 0 Å². The number of hydrogen-bond donors (Lipinski definition) is 3. The van der Waals surface area contributed by atoms with Gasteiger partial charge in [-0.1, -0.05) is 11.6 Å².